The summed E-state index contributed by atoms with van der Waals surface area (Å²) in [5.74, 6) is -0.982. The second kappa shape index (κ2) is 6.55. The van der Waals surface area contributed by atoms with Crippen molar-refractivity contribution < 1.29 is 23.1 Å². The van der Waals surface area contributed by atoms with Crippen molar-refractivity contribution >= 4 is 21.8 Å². The van der Waals surface area contributed by atoms with Gasteiger partial charge >= 0.3 is 12.0 Å². The van der Waals surface area contributed by atoms with Crippen molar-refractivity contribution in [3.63, 3.8) is 0 Å². The van der Waals surface area contributed by atoms with Crippen molar-refractivity contribution in [2.45, 2.75) is 18.1 Å². The Morgan fingerprint density at radius 1 is 1.47 bits per heavy atom. The number of nitrogens with one attached hydrogen (secondary N) is 1. The highest BCUT2D eigenvalue weighted by Gasteiger charge is 2.31. The molecule has 108 valence electrons. The maximum Gasteiger partial charge on any atom is 0.323 e. The van der Waals surface area contributed by atoms with E-state index in [1.165, 1.54) is 6.08 Å². The SMILES string of the molecule is C=CCN(CC(=O)O)C(=O)NCC1CCCS1(=O)=O. The number of amides is 2. The van der Waals surface area contributed by atoms with E-state index in [-0.39, 0.29) is 18.8 Å². The van der Waals surface area contributed by atoms with Gasteiger partial charge in [-0.05, 0) is 12.8 Å². The van der Waals surface area contributed by atoms with E-state index < -0.39 is 33.6 Å². The lowest BCUT2D eigenvalue weighted by molar-refractivity contribution is -0.137. The minimum absolute atomic E-state index is 0.0223. The maximum absolute atomic E-state index is 11.7. The molecular weight excluding hydrogens is 272 g/mol. The molecule has 0 bridgehead atoms. The minimum atomic E-state index is -3.11. The summed E-state index contributed by atoms with van der Waals surface area (Å²) in [6, 6.07) is -0.593. The Morgan fingerprint density at radius 2 is 2.16 bits per heavy atom. The summed E-state index contributed by atoms with van der Waals surface area (Å²) in [6.07, 6.45) is 2.55. The van der Waals surface area contributed by atoms with Crippen molar-refractivity contribution in [3.8, 4) is 0 Å². The van der Waals surface area contributed by atoms with Gasteiger partial charge in [0.2, 0.25) is 0 Å². The highest BCUT2D eigenvalue weighted by atomic mass is 32.2. The molecule has 1 aliphatic rings. The fourth-order valence-electron chi connectivity index (χ4n) is 1.94. The topological polar surface area (TPSA) is 104 Å². The first-order valence-electron chi connectivity index (χ1n) is 5.94. The van der Waals surface area contributed by atoms with Crippen LogP contribution in [-0.4, -0.2) is 61.1 Å². The minimum Gasteiger partial charge on any atom is -0.480 e. The number of aliphatic carboxylic acids is 1. The molecule has 1 saturated heterocycles. The number of nitrogens with zero attached hydrogens (tertiary/aromatic N) is 1. The molecule has 1 fully saturated rings. The van der Waals surface area contributed by atoms with Crippen LogP contribution >= 0.6 is 0 Å². The summed E-state index contributed by atoms with van der Waals surface area (Å²) < 4.78 is 23.1. The van der Waals surface area contributed by atoms with Crippen LogP contribution in [0.5, 0.6) is 0 Å². The summed E-state index contributed by atoms with van der Waals surface area (Å²) in [4.78, 5) is 23.4. The zero-order valence-corrected chi connectivity index (χ0v) is 11.4. The Hall–Kier alpha value is -1.57. The third-order valence-corrected chi connectivity index (χ3v) is 5.18. The van der Waals surface area contributed by atoms with Crippen LogP contribution in [0.15, 0.2) is 12.7 Å². The van der Waals surface area contributed by atoms with Crippen LogP contribution in [0.2, 0.25) is 0 Å². The van der Waals surface area contributed by atoms with Gasteiger partial charge in [0.15, 0.2) is 9.84 Å². The Labute approximate surface area is 112 Å². The van der Waals surface area contributed by atoms with E-state index in [0.717, 1.165) is 4.90 Å². The van der Waals surface area contributed by atoms with Crippen molar-refractivity contribution in [1.29, 1.82) is 0 Å². The average Bonchev–Trinajstić information content (AvgIpc) is 2.64. The van der Waals surface area contributed by atoms with Crippen molar-refractivity contribution in [1.82, 2.24) is 10.2 Å². The fraction of sp³-hybridized carbons (Fsp3) is 0.636. The molecule has 1 heterocycles. The van der Waals surface area contributed by atoms with Gasteiger partial charge in [-0.1, -0.05) is 6.08 Å². The lowest BCUT2D eigenvalue weighted by Gasteiger charge is -2.20. The molecule has 2 N–H and O–H groups in total. The van der Waals surface area contributed by atoms with Gasteiger partial charge in [0.1, 0.15) is 6.54 Å². The lowest BCUT2D eigenvalue weighted by atomic mass is 10.2. The third kappa shape index (κ3) is 4.55. The highest BCUT2D eigenvalue weighted by molar-refractivity contribution is 7.92. The Kier molecular flexibility index (Phi) is 5.34. The van der Waals surface area contributed by atoms with E-state index in [1.807, 2.05) is 0 Å². The summed E-state index contributed by atoms with van der Waals surface area (Å²) in [5, 5.41) is 10.6. The van der Waals surface area contributed by atoms with E-state index >= 15 is 0 Å². The molecule has 19 heavy (non-hydrogen) atoms. The number of carboxylic acid groups (broad SMARTS) is 1. The molecule has 7 nitrogen and oxygen atoms in total. The van der Waals surface area contributed by atoms with Gasteiger partial charge in [0.05, 0.1) is 11.0 Å². The summed E-state index contributed by atoms with van der Waals surface area (Å²) >= 11 is 0. The highest BCUT2D eigenvalue weighted by Crippen LogP contribution is 2.19. The van der Waals surface area contributed by atoms with E-state index in [9.17, 15) is 18.0 Å². The predicted octanol–water partition coefficient (Wildman–Crippen LogP) is -0.154. The second-order valence-corrected chi connectivity index (χ2v) is 6.78. The van der Waals surface area contributed by atoms with Crippen LogP contribution in [0.1, 0.15) is 12.8 Å². The molecule has 1 rings (SSSR count). The second-order valence-electron chi connectivity index (χ2n) is 4.38. The number of carbonyl (C=O) groups is 2. The van der Waals surface area contributed by atoms with Crippen LogP contribution in [0.4, 0.5) is 4.79 Å². The molecule has 1 unspecified atom stereocenters. The molecule has 2 amide bonds. The number of carboxylic acids is 1. The Bertz CT molecular complexity index is 460. The molecule has 0 spiro atoms. The Balaban J connectivity index is 2.52. The average molecular weight is 290 g/mol. The van der Waals surface area contributed by atoms with Crippen LogP contribution in [0.25, 0.3) is 0 Å². The van der Waals surface area contributed by atoms with Crippen LogP contribution in [0, 0.1) is 0 Å². The van der Waals surface area contributed by atoms with Crippen LogP contribution in [-0.2, 0) is 14.6 Å². The third-order valence-electron chi connectivity index (χ3n) is 2.91. The molecule has 0 aliphatic carbocycles. The van der Waals surface area contributed by atoms with Crippen LogP contribution < -0.4 is 5.32 Å². The first-order chi connectivity index (χ1) is 8.86. The van der Waals surface area contributed by atoms with Crippen molar-refractivity contribution in [3.05, 3.63) is 12.7 Å². The maximum atomic E-state index is 11.7. The van der Waals surface area contributed by atoms with Crippen molar-refractivity contribution in [2.24, 2.45) is 0 Å². The van der Waals surface area contributed by atoms with Gasteiger partial charge < -0.3 is 15.3 Å². The van der Waals surface area contributed by atoms with Gasteiger partial charge in [0.25, 0.3) is 0 Å². The molecule has 1 atom stereocenters. The van der Waals surface area contributed by atoms with Gasteiger partial charge in [-0.2, -0.15) is 0 Å². The first kappa shape index (κ1) is 15.5. The molecule has 0 radical (unpaired) electrons. The molecule has 0 aromatic carbocycles. The molecule has 0 aromatic rings. The molecule has 8 heteroatoms. The largest absolute Gasteiger partial charge is 0.480 e. The van der Waals surface area contributed by atoms with Crippen LogP contribution in [0.3, 0.4) is 0 Å². The lowest BCUT2D eigenvalue weighted by Crippen LogP contribution is -2.45. The number of urea groups is 1. The summed E-state index contributed by atoms with van der Waals surface area (Å²) in [5.41, 5.74) is 0. The van der Waals surface area contributed by atoms with Gasteiger partial charge in [0, 0.05) is 13.1 Å². The zero-order chi connectivity index (χ0) is 14.5. The monoisotopic (exact) mass is 290 g/mol. The summed E-state index contributed by atoms with van der Waals surface area (Å²) in [7, 11) is -3.11. The molecular formula is C11H18N2O5S. The summed E-state index contributed by atoms with van der Waals surface area (Å²) in [6.45, 7) is 3.11. The fourth-order valence-corrected chi connectivity index (χ4v) is 3.70. The predicted molar refractivity (Wildman–Crippen MR) is 69.6 cm³/mol. The van der Waals surface area contributed by atoms with E-state index in [4.69, 9.17) is 5.11 Å². The molecule has 0 aromatic heterocycles. The van der Waals surface area contributed by atoms with Gasteiger partial charge in [-0.15, -0.1) is 6.58 Å². The Morgan fingerprint density at radius 3 is 2.63 bits per heavy atom. The number of sulfone groups is 1. The quantitative estimate of drug-likeness (QED) is 0.662. The smallest absolute Gasteiger partial charge is 0.323 e. The van der Waals surface area contributed by atoms with E-state index in [2.05, 4.69) is 11.9 Å². The first-order valence-corrected chi connectivity index (χ1v) is 7.65. The zero-order valence-electron chi connectivity index (χ0n) is 10.5. The van der Waals surface area contributed by atoms with Gasteiger partial charge in [-0.3, -0.25) is 4.79 Å². The molecule has 1 aliphatic heterocycles. The number of carbonyl (C=O) groups excluding carboxylic acids is 1. The van der Waals surface area contributed by atoms with Gasteiger partial charge in [-0.25, -0.2) is 13.2 Å². The number of rotatable bonds is 6. The number of hydrogen-bond acceptors (Lipinski definition) is 4. The van der Waals surface area contributed by atoms with E-state index in [1.54, 1.807) is 0 Å². The standard InChI is InChI=1S/C11H18N2O5S/c1-2-5-13(8-10(14)15)11(16)12-7-9-4-3-6-19(9,17)18/h2,9H,1,3-8H2,(H,12,16)(H,14,15). The van der Waals surface area contributed by atoms with Crippen molar-refractivity contribution in [2.75, 3.05) is 25.4 Å². The molecule has 0 saturated carbocycles. The normalized spacial score (nSPS) is 20.7. The van der Waals surface area contributed by atoms with E-state index in [0.29, 0.717) is 12.8 Å². The number of hydrogen-bond donors (Lipinski definition) is 2.